The van der Waals surface area contributed by atoms with Crippen LogP contribution in [0.25, 0.3) is 0 Å². The van der Waals surface area contributed by atoms with E-state index in [-0.39, 0.29) is 0 Å². The Hall–Kier alpha value is -0.780. The zero-order valence-electron chi connectivity index (χ0n) is 7.92. The monoisotopic (exact) mass is 301 g/mol. The molecule has 0 aromatic heterocycles. The predicted octanol–water partition coefficient (Wildman–Crippen LogP) is 2.05. The molecule has 2 N–H and O–H groups in total. The van der Waals surface area contributed by atoms with Crippen molar-refractivity contribution in [1.82, 2.24) is 5.32 Å². The second-order valence-electron chi connectivity index (χ2n) is 3.37. The van der Waals surface area contributed by atoms with Crippen molar-refractivity contribution in [2.24, 2.45) is 4.99 Å². The summed E-state index contributed by atoms with van der Waals surface area (Å²) in [7, 11) is 0. The van der Waals surface area contributed by atoms with Gasteiger partial charge in [-0.25, -0.2) is 0 Å². The highest BCUT2D eigenvalue weighted by Crippen LogP contribution is 2.12. The first-order valence-electron chi connectivity index (χ1n) is 4.57. The van der Waals surface area contributed by atoms with Gasteiger partial charge in [-0.3, -0.25) is 4.99 Å². The fraction of sp³-hybridized carbons (Fsp3) is 0.300. The van der Waals surface area contributed by atoms with E-state index < -0.39 is 0 Å². The maximum absolute atomic E-state index is 4.33. The molecule has 1 aliphatic heterocycles. The Morgan fingerprint density at radius 1 is 1.57 bits per heavy atom. The molecule has 2 rings (SSSR count). The van der Waals surface area contributed by atoms with Crippen LogP contribution in [0.3, 0.4) is 0 Å². The molecule has 1 heterocycles. The molecule has 0 saturated carbocycles. The maximum Gasteiger partial charge on any atom is 0.196 e. The van der Waals surface area contributed by atoms with Crippen molar-refractivity contribution in [1.29, 1.82) is 0 Å². The Balaban J connectivity index is 2.04. The van der Waals surface area contributed by atoms with Gasteiger partial charge in [-0.05, 0) is 47.7 Å². The zero-order valence-corrected chi connectivity index (χ0v) is 10.1. The number of hydrogen-bond acceptors (Lipinski definition) is 3. The molecule has 14 heavy (non-hydrogen) atoms. The molecule has 0 bridgehead atoms. The standard InChI is InChI=1S/C10H12IN3/c1-7-6-12-10(13-7)14-9-4-2-3-8(11)5-9/h2-5,7H,6H2,1H3,(H2,12,13,14). The van der Waals surface area contributed by atoms with E-state index >= 15 is 0 Å². The lowest BCUT2D eigenvalue weighted by Gasteiger charge is -2.08. The van der Waals surface area contributed by atoms with Gasteiger partial charge in [0.1, 0.15) is 0 Å². The third kappa shape index (κ3) is 2.37. The average Bonchev–Trinajstić information content (AvgIpc) is 2.51. The Kier molecular flexibility index (Phi) is 2.90. The topological polar surface area (TPSA) is 36.4 Å². The first kappa shape index (κ1) is 9.76. The summed E-state index contributed by atoms with van der Waals surface area (Å²) in [5.74, 6) is 0.875. The maximum atomic E-state index is 4.33. The van der Waals surface area contributed by atoms with Crippen molar-refractivity contribution < 1.29 is 0 Å². The Morgan fingerprint density at radius 2 is 2.43 bits per heavy atom. The number of benzene rings is 1. The molecule has 74 valence electrons. The van der Waals surface area contributed by atoms with E-state index in [1.807, 2.05) is 12.1 Å². The molecule has 1 unspecified atom stereocenters. The minimum absolute atomic E-state index is 0.445. The SMILES string of the molecule is CC1CN=C(Nc2cccc(I)c2)N1. The normalized spacial score (nSPS) is 20.1. The van der Waals surface area contributed by atoms with Gasteiger partial charge in [-0.1, -0.05) is 6.07 Å². The summed E-state index contributed by atoms with van der Waals surface area (Å²) in [5.41, 5.74) is 1.08. The number of halogens is 1. The van der Waals surface area contributed by atoms with Gasteiger partial charge in [-0.2, -0.15) is 0 Å². The first-order chi connectivity index (χ1) is 6.74. The van der Waals surface area contributed by atoms with Crippen LogP contribution in [0.15, 0.2) is 29.3 Å². The molecule has 0 radical (unpaired) electrons. The van der Waals surface area contributed by atoms with Gasteiger partial charge in [0.25, 0.3) is 0 Å². The number of rotatable bonds is 1. The Bertz CT molecular complexity index is 362. The van der Waals surface area contributed by atoms with E-state index in [9.17, 15) is 0 Å². The van der Waals surface area contributed by atoms with E-state index in [4.69, 9.17) is 0 Å². The second kappa shape index (κ2) is 4.16. The number of anilines is 1. The van der Waals surface area contributed by atoms with Crippen molar-refractivity contribution in [3.05, 3.63) is 27.8 Å². The van der Waals surface area contributed by atoms with E-state index in [0.717, 1.165) is 18.2 Å². The van der Waals surface area contributed by atoms with Crippen LogP contribution in [-0.2, 0) is 0 Å². The van der Waals surface area contributed by atoms with Crippen molar-refractivity contribution in [3.63, 3.8) is 0 Å². The Labute approximate surface area is 97.1 Å². The van der Waals surface area contributed by atoms with Gasteiger partial charge in [0.2, 0.25) is 0 Å². The van der Waals surface area contributed by atoms with Gasteiger partial charge >= 0.3 is 0 Å². The molecule has 3 nitrogen and oxygen atoms in total. The van der Waals surface area contributed by atoms with Crippen LogP contribution in [0.2, 0.25) is 0 Å². The summed E-state index contributed by atoms with van der Waals surface area (Å²) in [5, 5.41) is 6.50. The van der Waals surface area contributed by atoms with Gasteiger partial charge in [0.05, 0.1) is 6.54 Å². The van der Waals surface area contributed by atoms with Crippen LogP contribution in [0, 0.1) is 3.57 Å². The molecule has 0 aliphatic carbocycles. The number of nitrogens with one attached hydrogen (secondary N) is 2. The molecule has 0 spiro atoms. The number of hydrogen-bond donors (Lipinski definition) is 2. The lowest BCUT2D eigenvalue weighted by atomic mass is 10.3. The predicted molar refractivity (Wildman–Crippen MR) is 67.7 cm³/mol. The molecule has 1 atom stereocenters. The number of aliphatic imine (C=N–C) groups is 1. The molecule has 0 saturated heterocycles. The van der Waals surface area contributed by atoms with Crippen LogP contribution < -0.4 is 10.6 Å². The van der Waals surface area contributed by atoms with Crippen molar-refractivity contribution >= 4 is 34.2 Å². The first-order valence-corrected chi connectivity index (χ1v) is 5.65. The number of guanidine groups is 1. The van der Waals surface area contributed by atoms with E-state index in [1.54, 1.807) is 0 Å². The smallest absolute Gasteiger partial charge is 0.196 e. The van der Waals surface area contributed by atoms with Crippen LogP contribution in [0.1, 0.15) is 6.92 Å². The molecule has 0 amide bonds. The van der Waals surface area contributed by atoms with Crippen LogP contribution >= 0.6 is 22.6 Å². The third-order valence-corrected chi connectivity index (χ3v) is 2.66. The summed E-state index contributed by atoms with van der Waals surface area (Å²) in [6, 6.07) is 8.67. The average molecular weight is 301 g/mol. The van der Waals surface area contributed by atoms with Gasteiger partial charge in [-0.15, -0.1) is 0 Å². The lowest BCUT2D eigenvalue weighted by molar-refractivity contribution is 0.725. The number of nitrogens with zero attached hydrogens (tertiary/aromatic N) is 1. The van der Waals surface area contributed by atoms with Crippen molar-refractivity contribution in [2.45, 2.75) is 13.0 Å². The molecule has 1 aromatic carbocycles. The largest absolute Gasteiger partial charge is 0.352 e. The summed E-state index contributed by atoms with van der Waals surface area (Å²) in [6.45, 7) is 2.97. The summed E-state index contributed by atoms with van der Waals surface area (Å²) < 4.78 is 1.22. The van der Waals surface area contributed by atoms with E-state index in [0.29, 0.717) is 6.04 Å². The second-order valence-corrected chi connectivity index (χ2v) is 4.62. The van der Waals surface area contributed by atoms with Crippen molar-refractivity contribution in [2.75, 3.05) is 11.9 Å². The minimum Gasteiger partial charge on any atom is -0.352 e. The highest BCUT2D eigenvalue weighted by atomic mass is 127. The molecule has 0 fully saturated rings. The molecule has 4 heteroatoms. The quantitative estimate of drug-likeness (QED) is 0.779. The Morgan fingerprint density at radius 3 is 3.07 bits per heavy atom. The zero-order chi connectivity index (χ0) is 9.97. The van der Waals surface area contributed by atoms with Gasteiger partial charge < -0.3 is 10.6 Å². The molecular formula is C10H12IN3. The highest BCUT2D eigenvalue weighted by molar-refractivity contribution is 14.1. The fourth-order valence-corrected chi connectivity index (χ4v) is 1.87. The summed E-state index contributed by atoms with van der Waals surface area (Å²) in [6.07, 6.45) is 0. The lowest BCUT2D eigenvalue weighted by Crippen LogP contribution is -2.32. The van der Waals surface area contributed by atoms with Crippen LogP contribution in [0.4, 0.5) is 5.69 Å². The minimum atomic E-state index is 0.445. The molecule has 1 aromatic rings. The van der Waals surface area contributed by atoms with Crippen molar-refractivity contribution in [3.8, 4) is 0 Å². The third-order valence-electron chi connectivity index (χ3n) is 1.99. The van der Waals surface area contributed by atoms with Crippen LogP contribution in [-0.4, -0.2) is 18.5 Å². The summed E-state index contributed by atoms with van der Waals surface area (Å²) in [4.78, 5) is 4.33. The summed E-state index contributed by atoms with van der Waals surface area (Å²) >= 11 is 2.30. The van der Waals surface area contributed by atoms with Gasteiger partial charge in [0, 0.05) is 15.3 Å². The van der Waals surface area contributed by atoms with E-state index in [1.165, 1.54) is 3.57 Å². The molecule has 1 aliphatic rings. The van der Waals surface area contributed by atoms with E-state index in [2.05, 4.69) is 57.3 Å². The van der Waals surface area contributed by atoms with Crippen LogP contribution in [0.5, 0.6) is 0 Å². The van der Waals surface area contributed by atoms with Gasteiger partial charge in [0.15, 0.2) is 5.96 Å². The highest BCUT2D eigenvalue weighted by Gasteiger charge is 2.11. The molecular weight excluding hydrogens is 289 g/mol. The fourth-order valence-electron chi connectivity index (χ4n) is 1.33.